The zero-order valence-corrected chi connectivity index (χ0v) is 17.5. The number of halogens is 1. The lowest BCUT2D eigenvalue weighted by Crippen LogP contribution is -2.06. The molecule has 3 heterocycles. The minimum absolute atomic E-state index is 0.137. The van der Waals surface area contributed by atoms with Crippen LogP contribution in [-0.4, -0.2) is 17.6 Å². The Morgan fingerprint density at radius 2 is 1.93 bits per heavy atom. The van der Waals surface area contributed by atoms with E-state index >= 15 is 0 Å². The van der Waals surface area contributed by atoms with E-state index in [2.05, 4.69) is 20.9 Å². The summed E-state index contributed by atoms with van der Waals surface area (Å²) < 4.78 is 22.9. The molecule has 7 nitrogen and oxygen atoms in total. The highest BCUT2D eigenvalue weighted by molar-refractivity contribution is 9.10. The number of aryl methyl sites for hydroxylation is 1. The number of rotatable bonds is 3. The first-order valence-corrected chi connectivity index (χ1v) is 9.99. The first kappa shape index (κ1) is 18.6. The molecule has 0 saturated heterocycles. The molecule has 5 aromatic rings. The fourth-order valence-corrected chi connectivity index (χ4v) is 4.04. The largest absolute Gasteiger partial charge is 0.462 e. The van der Waals surface area contributed by atoms with E-state index in [-0.39, 0.29) is 18.1 Å². The van der Waals surface area contributed by atoms with E-state index in [4.69, 9.17) is 18.0 Å². The van der Waals surface area contributed by atoms with Gasteiger partial charge in [-0.05, 0) is 54.0 Å². The molecule has 0 aliphatic rings. The lowest BCUT2D eigenvalue weighted by atomic mass is 10.0. The highest BCUT2D eigenvalue weighted by atomic mass is 79.9. The van der Waals surface area contributed by atoms with E-state index in [1.165, 1.54) is 0 Å². The molecular weight excluding hydrogens is 454 g/mol. The molecule has 2 aromatic carbocycles. The Balaban J connectivity index is 1.86. The molecule has 0 N–H and O–H groups in total. The summed E-state index contributed by atoms with van der Waals surface area (Å²) in [5.74, 6) is 0.0438. The fourth-order valence-electron chi connectivity index (χ4n) is 3.54. The van der Waals surface area contributed by atoms with Crippen molar-refractivity contribution >= 4 is 54.9 Å². The standard InChI is InChI=1S/C22H14BrNO6/c1-3-27-22(26)17-10(2)28-16-9-13(23)19-11(18(16)17)8-12(21(25)30-19)20-24-14-6-4-5-7-15(14)29-20/h4-9H,3H2,1-2H3. The number of furan rings is 1. The molecule has 0 unspecified atom stereocenters. The zero-order valence-electron chi connectivity index (χ0n) is 15.9. The van der Waals surface area contributed by atoms with Gasteiger partial charge in [-0.1, -0.05) is 12.1 Å². The Bertz CT molecular complexity index is 1490. The van der Waals surface area contributed by atoms with Crippen molar-refractivity contribution in [2.45, 2.75) is 13.8 Å². The van der Waals surface area contributed by atoms with Crippen LogP contribution in [-0.2, 0) is 4.74 Å². The average Bonchev–Trinajstić information content (AvgIpc) is 3.28. The van der Waals surface area contributed by atoms with Crippen molar-refractivity contribution in [3.8, 4) is 11.5 Å². The van der Waals surface area contributed by atoms with E-state index in [0.717, 1.165) is 0 Å². The fraction of sp³-hybridized carbons (Fsp3) is 0.136. The summed E-state index contributed by atoms with van der Waals surface area (Å²) in [4.78, 5) is 29.7. The third-order valence-electron chi connectivity index (χ3n) is 4.81. The molecule has 30 heavy (non-hydrogen) atoms. The zero-order chi connectivity index (χ0) is 21.0. The number of esters is 1. The quantitative estimate of drug-likeness (QED) is 0.251. The number of carbonyl (C=O) groups is 1. The monoisotopic (exact) mass is 467 g/mol. The van der Waals surface area contributed by atoms with Gasteiger partial charge in [-0.25, -0.2) is 14.6 Å². The molecule has 8 heteroatoms. The van der Waals surface area contributed by atoms with Crippen LogP contribution in [0.5, 0.6) is 0 Å². The molecule has 0 aliphatic carbocycles. The summed E-state index contributed by atoms with van der Waals surface area (Å²) in [5, 5.41) is 1.02. The maximum absolute atomic E-state index is 12.7. The maximum atomic E-state index is 12.7. The molecular formula is C22H14BrNO6. The SMILES string of the molecule is CCOC(=O)c1c(C)oc2cc(Br)c3oc(=O)c(-c4nc5ccccc5o4)cc3c12. The Labute approximate surface area is 177 Å². The molecule has 0 saturated carbocycles. The van der Waals surface area contributed by atoms with Crippen LogP contribution in [0.3, 0.4) is 0 Å². The maximum Gasteiger partial charge on any atom is 0.349 e. The predicted octanol–water partition coefficient (Wildman–Crippen LogP) is 5.60. The number of hydrogen-bond donors (Lipinski definition) is 0. The molecule has 0 atom stereocenters. The summed E-state index contributed by atoms with van der Waals surface area (Å²) in [6.45, 7) is 3.64. The normalized spacial score (nSPS) is 11.6. The van der Waals surface area contributed by atoms with E-state index in [9.17, 15) is 9.59 Å². The van der Waals surface area contributed by atoms with Crippen LogP contribution in [0, 0.1) is 6.92 Å². The van der Waals surface area contributed by atoms with E-state index in [0.29, 0.717) is 48.8 Å². The summed E-state index contributed by atoms with van der Waals surface area (Å²) in [6, 6.07) is 10.5. The molecule has 0 bridgehead atoms. The Kier molecular flexibility index (Phi) is 4.25. The van der Waals surface area contributed by atoms with Gasteiger partial charge in [0.1, 0.15) is 28.0 Å². The summed E-state index contributed by atoms with van der Waals surface area (Å²) in [7, 11) is 0. The number of hydrogen-bond acceptors (Lipinski definition) is 7. The summed E-state index contributed by atoms with van der Waals surface area (Å²) in [5.41, 5.74) is 1.77. The Hall–Kier alpha value is -3.39. The molecule has 150 valence electrons. The van der Waals surface area contributed by atoms with Crippen molar-refractivity contribution in [3.05, 3.63) is 62.6 Å². The highest BCUT2D eigenvalue weighted by Gasteiger charge is 2.25. The number of para-hydroxylation sites is 2. The van der Waals surface area contributed by atoms with Crippen molar-refractivity contribution < 1.29 is 22.8 Å². The number of ether oxygens (including phenoxy) is 1. The van der Waals surface area contributed by atoms with Gasteiger partial charge < -0.3 is 18.0 Å². The van der Waals surface area contributed by atoms with Crippen LogP contribution >= 0.6 is 15.9 Å². The van der Waals surface area contributed by atoms with E-state index < -0.39 is 11.6 Å². The number of nitrogens with zero attached hydrogens (tertiary/aromatic N) is 1. The highest BCUT2D eigenvalue weighted by Crippen LogP contribution is 2.38. The van der Waals surface area contributed by atoms with Crippen LogP contribution in [0.2, 0.25) is 0 Å². The summed E-state index contributed by atoms with van der Waals surface area (Å²) >= 11 is 3.41. The second kappa shape index (κ2) is 6.84. The molecule has 0 radical (unpaired) electrons. The van der Waals surface area contributed by atoms with Gasteiger partial charge in [-0.15, -0.1) is 0 Å². The number of fused-ring (bicyclic) bond motifs is 4. The smallest absolute Gasteiger partial charge is 0.349 e. The van der Waals surface area contributed by atoms with E-state index in [1.54, 1.807) is 38.1 Å². The molecule has 0 spiro atoms. The molecule has 0 aliphatic heterocycles. The van der Waals surface area contributed by atoms with Gasteiger partial charge in [0.15, 0.2) is 11.2 Å². The van der Waals surface area contributed by atoms with E-state index in [1.807, 2.05) is 12.1 Å². The third kappa shape index (κ3) is 2.75. The Morgan fingerprint density at radius 1 is 1.13 bits per heavy atom. The molecule has 0 amide bonds. The second-order valence-corrected chi connectivity index (χ2v) is 7.52. The minimum Gasteiger partial charge on any atom is -0.462 e. The molecule has 3 aromatic heterocycles. The topological polar surface area (TPSA) is 95.7 Å². The number of aromatic nitrogens is 1. The van der Waals surface area contributed by atoms with Gasteiger partial charge in [0.25, 0.3) is 0 Å². The lowest BCUT2D eigenvalue weighted by Gasteiger charge is -2.05. The molecule has 0 fully saturated rings. The number of carbonyl (C=O) groups excluding carboxylic acids is 1. The van der Waals surface area contributed by atoms with Crippen molar-refractivity contribution in [2.24, 2.45) is 0 Å². The number of benzene rings is 2. The van der Waals surface area contributed by atoms with Crippen molar-refractivity contribution in [2.75, 3.05) is 6.61 Å². The van der Waals surface area contributed by atoms with Crippen LogP contribution in [0.15, 0.2) is 58.9 Å². The second-order valence-electron chi connectivity index (χ2n) is 6.66. The van der Waals surface area contributed by atoms with Crippen molar-refractivity contribution in [1.82, 2.24) is 4.98 Å². The van der Waals surface area contributed by atoms with Gasteiger partial charge >= 0.3 is 11.6 Å². The first-order valence-electron chi connectivity index (χ1n) is 9.20. The lowest BCUT2D eigenvalue weighted by molar-refractivity contribution is 0.0526. The average molecular weight is 468 g/mol. The van der Waals surface area contributed by atoms with Gasteiger partial charge in [-0.2, -0.15) is 0 Å². The first-order chi connectivity index (χ1) is 14.5. The third-order valence-corrected chi connectivity index (χ3v) is 5.40. The van der Waals surface area contributed by atoms with Crippen LogP contribution in [0.1, 0.15) is 23.0 Å². The predicted molar refractivity (Wildman–Crippen MR) is 114 cm³/mol. The van der Waals surface area contributed by atoms with Crippen LogP contribution < -0.4 is 5.63 Å². The van der Waals surface area contributed by atoms with Gasteiger partial charge in [0.05, 0.1) is 11.1 Å². The van der Waals surface area contributed by atoms with Gasteiger partial charge in [0, 0.05) is 10.8 Å². The number of oxazole rings is 1. The van der Waals surface area contributed by atoms with Crippen LogP contribution in [0.4, 0.5) is 0 Å². The van der Waals surface area contributed by atoms with Gasteiger partial charge in [0.2, 0.25) is 5.89 Å². The summed E-state index contributed by atoms with van der Waals surface area (Å²) in [6.07, 6.45) is 0. The minimum atomic E-state index is -0.605. The molecule has 5 rings (SSSR count). The Morgan fingerprint density at radius 3 is 2.70 bits per heavy atom. The van der Waals surface area contributed by atoms with Crippen molar-refractivity contribution in [1.29, 1.82) is 0 Å². The van der Waals surface area contributed by atoms with Crippen LogP contribution in [0.25, 0.3) is 44.5 Å². The van der Waals surface area contributed by atoms with Gasteiger partial charge in [-0.3, -0.25) is 0 Å². The van der Waals surface area contributed by atoms with Crippen molar-refractivity contribution in [3.63, 3.8) is 0 Å².